The average Bonchev–Trinajstić information content (AvgIpc) is 3.28. The number of pyridine rings is 1. The summed E-state index contributed by atoms with van der Waals surface area (Å²) in [5.74, 6) is 0.936. The summed E-state index contributed by atoms with van der Waals surface area (Å²) < 4.78 is 6.24. The maximum absolute atomic E-state index is 15.0. The summed E-state index contributed by atoms with van der Waals surface area (Å²) >= 11 is 12.7. The standard InChI is InChI=1S/C36H43Cl2N5O3/c1-8-46-29-21-30(34(2,3)4)40-22-28(29)31-41-35(5,24-9-13-26(37)14-10-24)36(6,25-11-15-27(38)16-12-25)43(31)33(45)42-19-17-23(18-20-42)32(44)39-7/h9-16,21-23H,8,17-20H2,1-7H3,(H,39,44)/t35-,36+/m0/s1. The Bertz CT molecular complexity index is 1630. The van der Waals surface area contributed by atoms with Crippen LogP contribution in [-0.4, -0.2) is 59.3 Å². The Hall–Kier alpha value is -3.62. The predicted molar refractivity (Wildman–Crippen MR) is 184 cm³/mol. The average molecular weight is 665 g/mol. The first-order valence-electron chi connectivity index (χ1n) is 15.8. The molecule has 0 aliphatic carbocycles. The van der Waals surface area contributed by atoms with Crippen LogP contribution in [0.15, 0.2) is 65.8 Å². The first kappa shape index (κ1) is 33.7. The van der Waals surface area contributed by atoms with Crippen LogP contribution in [0.25, 0.3) is 0 Å². The molecular formula is C36H43Cl2N5O3. The number of rotatable bonds is 6. The summed E-state index contributed by atoms with van der Waals surface area (Å²) in [6.07, 6.45) is 2.92. The maximum atomic E-state index is 15.0. The van der Waals surface area contributed by atoms with Crippen molar-refractivity contribution in [2.75, 3.05) is 26.7 Å². The Morgan fingerprint density at radius 1 is 0.978 bits per heavy atom. The number of benzene rings is 2. The second-order valence-corrected chi connectivity index (χ2v) is 14.2. The van der Waals surface area contributed by atoms with Gasteiger partial charge in [0, 0.05) is 59.5 Å². The minimum atomic E-state index is -1.03. The van der Waals surface area contributed by atoms with Gasteiger partial charge < -0.3 is 15.0 Å². The molecule has 244 valence electrons. The monoisotopic (exact) mass is 663 g/mol. The quantitative estimate of drug-likeness (QED) is 0.295. The highest BCUT2D eigenvalue weighted by Crippen LogP contribution is 2.54. The number of carbonyl (C=O) groups is 2. The molecule has 5 rings (SSSR count). The molecule has 3 amide bonds. The number of amidine groups is 1. The highest BCUT2D eigenvalue weighted by atomic mass is 35.5. The Balaban J connectivity index is 1.74. The van der Waals surface area contributed by atoms with E-state index in [0.29, 0.717) is 59.7 Å². The van der Waals surface area contributed by atoms with E-state index in [2.05, 4.69) is 26.1 Å². The van der Waals surface area contributed by atoms with E-state index in [4.69, 9.17) is 37.9 Å². The molecule has 10 heteroatoms. The van der Waals surface area contributed by atoms with Gasteiger partial charge in [0.1, 0.15) is 22.7 Å². The summed E-state index contributed by atoms with van der Waals surface area (Å²) in [5, 5.41) is 3.95. The lowest BCUT2D eigenvalue weighted by atomic mass is 9.71. The maximum Gasteiger partial charge on any atom is 0.326 e. The Morgan fingerprint density at radius 2 is 1.54 bits per heavy atom. The van der Waals surface area contributed by atoms with Gasteiger partial charge in [0.05, 0.1) is 12.2 Å². The van der Waals surface area contributed by atoms with E-state index in [1.165, 1.54) is 0 Å². The number of urea groups is 1. The number of aliphatic imine (C=N–C) groups is 1. The molecular weight excluding hydrogens is 621 g/mol. The lowest BCUT2D eigenvalue weighted by molar-refractivity contribution is -0.125. The zero-order chi connectivity index (χ0) is 33.4. The number of nitrogens with zero attached hydrogens (tertiary/aromatic N) is 4. The molecule has 0 spiro atoms. The summed E-state index contributed by atoms with van der Waals surface area (Å²) in [6, 6.07) is 17.0. The fourth-order valence-electron chi connectivity index (χ4n) is 6.54. The minimum Gasteiger partial charge on any atom is -0.493 e. The Labute approximate surface area is 282 Å². The number of carbonyl (C=O) groups excluding carboxylic acids is 2. The fraction of sp³-hybridized carbons (Fsp3) is 0.444. The third-order valence-corrected chi connectivity index (χ3v) is 10.0. The van der Waals surface area contributed by atoms with E-state index >= 15 is 4.79 Å². The molecule has 0 saturated carbocycles. The van der Waals surface area contributed by atoms with Crippen LogP contribution in [-0.2, 0) is 21.3 Å². The van der Waals surface area contributed by atoms with Gasteiger partial charge in [-0.05, 0) is 69.0 Å². The number of ether oxygens (including phenoxy) is 1. The normalized spacial score (nSPS) is 22.1. The first-order chi connectivity index (χ1) is 21.7. The highest BCUT2D eigenvalue weighted by Gasteiger charge is 2.60. The topological polar surface area (TPSA) is 87.1 Å². The van der Waals surface area contributed by atoms with Gasteiger partial charge in [-0.25, -0.2) is 4.79 Å². The van der Waals surface area contributed by atoms with E-state index < -0.39 is 11.1 Å². The van der Waals surface area contributed by atoms with Gasteiger partial charge in [0.15, 0.2) is 0 Å². The van der Waals surface area contributed by atoms with Gasteiger partial charge >= 0.3 is 6.03 Å². The molecule has 3 aromatic rings. The van der Waals surface area contributed by atoms with Crippen LogP contribution in [0.5, 0.6) is 5.75 Å². The lowest BCUT2D eigenvalue weighted by Gasteiger charge is -2.47. The van der Waals surface area contributed by atoms with Gasteiger partial charge in [0.2, 0.25) is 5.91 Å². The number of hydrogen-bond acceptors (Lipinski definition) is 5. The van der Waals surface area contributed by atoms with Crippen molar-refractivity contribution in [3.63, 3.8) is 0 Å². The highest BCUT2D eigenvalue weighted by molar-refractivity contribution is 6.30. The predicted octanol–water partition coefficient (Wildman–Crippen LogP) is 7.56. The molecule has 2 atom stereocenters. The van der Waals surface area contributed by atoms with Crippen LogP contribution in [0.2, 0.25) is 10.0 Å². The van der Waals surface area contributed by atoms with Crippen molar-refractivity contribution >= 4 is 41.0 Å². The number of piperidine rings is 1. The summed E-state index contributed by atoms with van der Waals surface area (Å²) in [7, 11) is 1.65. The van der Waals surface area contributed by atoms with Crippen LogP contribution in [0.3, 0.4) is 0 Å². The number of halogens is 2. The molecule has 0 bridgehead atoms. The molecule has 0 unspecified atom stereocenters. The summed E-state index contributed by atoms with van der Waals surface area (Å²) in [6.45, 7) is 13.6. The smallest absolute Gasteiger partial charge is 0.326 e. The zero-order valence-corrected chi connectivity index (χ0v) is 29.2. The minimum absolute atomic E-state index is 0.00297. The molecule has 2 aromatic carbocycles. The lowest BCUT2D eigenvalue weighted by Crippen LogP contribution is -2.59. The number of nitrogens with one attached hydrogen (secondary N) is 1. The molecule has 8 nitrogen and oxygen atoms in total. The number of aromatic nitrogens is 1. The summed E-state index contributed by atoms with van der Waals surface area (Å²) in [4.78, 5) is 41.4. The van der Waals surface area contributed by atoms with Crippen LogP contribution < -0.4 is 10.1 Å². The zero-order valence-electron chi connectivity index (χ0n) is 27.7. The molecule has 46 heavy (non-hydrogen) atoms. The van der Waals surface area contributed by atoms with Gasteiger partial charge in [-0.2, -0.15) is 0 Å². The van der Waals surface area contributed by atoms with Crippen molar-refractivity contribution in [2.24, 2.45) is 10.9 Å². The number of likely N-dealkylation sites (tertiary alicyclic amines) is 1. The van der Waals surface area contributed by atoms with Crippen LogP contribution in [0.1, 0.15) is 76.8 Å². The van der Waals surface area contributed by atoms with E-state index in [0.717, 1.165) is 16.8 Å². The molecule has 1 aromatic heterocycles. The molecule has 3 heterocycles. The van der Waals surface area contributed by atoms with Crippen molar-refractivity contribution in [1.82, 2.24) is 20.1 Å². The molecule has 1 saturated heterocycles. The molecule has 2 aliphatic heterocycles. The van der Waals surface area contributed by atoms with Gasteiger partial charge in [0.25, 0.3) is 0 Å². The van der Waals surface area contributed by atoms with E-state index in [1.807, 2.05) is 80.3 Å². The van der Waals surface area contributed by atoms with E-state index in [1.54, 1.807) is 18.1 Å². The Kier molecular flexibility index (Phi) is 9.45. The van der Waals surface area contributed by atoms with Gasteiger partial charge in [-0.3, -0.25) is 19.7 Å². The Morgan fingerprint density at radius 3 is 2.07 bits per heavy atom. The van der Waals surface area contributed by atoms with Crippen LogP contribution in [0.4, 0.5) is 4.79 Å². The van der Waals surface area contributed by atoms with Gasteiger partial charge in [-0.1, -0.05) is 68.2 Å². The largest absolute Gasteiger partial charge is 0.493 e. The molecule has 2 aliphatic rings. The molecule has 1 N–H and O–H groups in total. The van der Waals surface area contributed by atoms with Crippen LogP contribution in [0, 0.1) is 5.92 Å². The van der Waals surface area contributed by atoms with Crippen molar-refractivity contribution < 1.29 is 14.3 Å². The number of hydrogen-bond donors (Lipinski definition) is 1. The second kappa shape index (κ2) is 12.9. The third-order valence-electron chi connectivity index (χ3n) is 9.50. The van der Waals surface area contributed by atoms with Crippen molar-refractivity contribution in [3.05, 3.63) is 93.2 Å². The molecule has 1 fully saturated rings. The first-order valence-corrected chi connectivity index (χ1v) is 16.6. The SMILES string of the molecule is CCOc1cc(C(C)(C)C)ncc1C1=N[C@@](C)(c2ccc(Cl)cc2)[C@@](C)(c2ccc(Cl)cc2)N1C(=O)N1CCC(C(=O)NC)CC1. The fourth-order valence-corrected chi connectivity index (χ4v) is 6.79. The van der Waals surface area contributed by atoms with Crippen molar-refractivity contribution in [1.29, 1.82) is 0 Å². The third kappa shape index (κ3) is 5.97. The summed E-state index contributed by atoms with van der Waals surface area (Å²) in [5.41, 5.74) is 1.03. The van der Waals surface area contributed by atoms with E-state index in [-0.39, 0.29) is 23.3 Å². The van der Waals surface area contributed by atoms with Crippen LogP contribution >= 0.6 is 23.2 Å². The second-order valence-electron chi connectivity index (χ2n) is 13.3. The van der Waals surface area contributed by atoms with Gasteiger partial charge in [-0.15, -0.1) is 0 Å². The van der Waals surface area contributed by atoms with Crippen molar-refractivity contribution in [3.8, 4) is 5.75 Å². The van der Waals surface area contributed by atoms with E-state index in [9.17, 15) is 4.79 Å². The number of amides is 3. The van der Waals surface area contributed by atoms with Crippen molar-refractivity contribution in [2.45, 2.75) is 70.9 Å². The molecule has 0 radical (unpaired) electrons.